The van der Waals surface area contributed by atoms with E-state index in [9.17, 15) is 9.90 Å². The number of amides is 1. The van der Waals surface area contributed by atoms with E-state index in [-0.39, 0.29) is 24.7 Å². The number of rotatable bonds is 8. The number of carbonyl (C=O) groups is 1. The van der Waals surface area contributed by atoms with E-state index in [1.807, 2.05) is 84.5 Å². The lowest BCUT2D eigenvalue weighted by Crippen LogP contribution is -2.31. The monoisotopic (exact) mass is 515 g/mol. The molecule has 2 heterocycles. The molecule has 1 saturated heterocycles. The standard InChI is InChI=1S/C29H29N3O4S/c1-32-15-14-30-29(32)37-19-25-17-26(21-12-10-20(18-33)11-13-21)36-28(35-25)23-8-5-9-24(16-23)31-27(34)22-6-3-2-4-7-22/h2-16,25-26,28,33H,17-19H2,1H3,(H,31,34). The maximum absolute atomic E-state index is 12.7. The number of imidazole rings is 1. The van der Waals surface area contributed by atoms with Gasteiger partial charge in [0.1, 0.15) is 0 Å². The number of nitrogens with one attached hydrogen (secondary N) is 1. The zero-order valence-electron chi connectivity index (χ0n) is 20.5. The summed E-state index contributed by atoms with van der Waals surface area (Å²) in [6.07, 6.45) is 3.55. The fraction of sp³-hybridized carbons (Fsp3) is 0.241. The molecule has 0 saturated carbocycles. The van der Waals surface area contributed by atoms with Crippen LogP contribution >= 0.6 is 11.8 Å². The number of benzene rings is 3. The van der Waals surface area contributed by atoms with Crippen molar-refractivity contribution in [1.82, 2.24) is 9.55 Å². The van der Waals surface area contributed by atoms with Crippen LogP contribution in [0.15, 0.2) is 96.4 Å². The molecule has 4 aromatic rings. The highest BCUT2D eigenvalue weighted by atomic mass is 32.2. The SMILES string of the molecule is Cn1ccnc1SCC1CC(c2ccc(CO)cc2)OC(c2cccc(NC(=O)c3ccccc3)c2)O1. The molecule has 0 radical (unpaired) electrons. The first-order valence-electron chi connectivity index (χ1n) is 12.2. The number of hydrogen-bond donors (Lipinski definition) is 2. The average molecular weight is 516 g/mol. The van der Waals surface area contributed by atoms with Crippen molar-refractivity contribution >= 4 is 23.4 Å². The average Bonchev–Trinajstić information content (AvgIpc) is 3.37. The van der Waals surface area contributed by atoms with Crippen LogP contribution in [0.1, 0.15) is 45.9 Å². The lowest BCUT2D eigenvalue weighted by Gasteiger charge is -2.36. The van der Waals surface area contributed by atoms with Crippen molar-refractivity contribution in [3.63, 3.8) is 0 Å². The Labute approximate surface area is 220 Å². The molecule has 1 aliphatic heterocycles. The van der Waals surface area contributed by atoms with Crippen molar-refractivity contribution in [2.75, 3.05) is 11.1 Å². The quantitative estimate of drug-likeness (QED) is 0.301. The number of thioether (sulfide) groups is 1. The van der Waals surface area contributed by atoms with E-state index in [1.165, 1.54) is 0 Å². The lowest BCUT2D eigenvalue weighted by molar-refractivity contribution is -0.245. The van der Waals surface area contributed by atoms with E-state index in [2.05, 4.69) is 10.3 Å². The zero-order valence-corrected chi connectivity index (χ0v) is 21.3. The van der Waals surface area contributed by atoms with Crippen molar-refractivity contribution < 1.29 is 19.4 Å². The molecule has 3 unspecified atom stereocenters. The van der Waals surface area contributed by atoms with Gasteiger partial charge in [-0.1, -0.05) is 66.4 Å². The third-order valence-electron chi connectivity index (χ3n) is 6.24. The van der Waals surface area contributed by atoms with Gasteiger partial charge in [0.15, 0.2) is 11.4 Å². The van der Waals surface area contributed by atoms with Crippen LogP contribution in [0.5, 0.6) is 0 Å². The zero-order chi connectivity index (χ0) is 25.6. The summed E-state index contributed by atoms with van der Waals surface area (Å²) in [6, 6.07) is 24.5. The second-order valence-electron chi connectivity index (χ2n) is 8.93. The highest BCUT2D eigenvalue weighted by Crippen LogP contribution is 2.39. The lowest BCUT2D eigenvalue weighted by atomic mass is 10.0. The summed E-state index contributed by atoms with van der Waals surface area (Å²) in [5, 5.41) is 13.3. The van der Waals surface area contributed by atoms with E-state index < -0.39 is 6.29 Å². The minimum Gasteiger partial charge on any atom is -0.392 e. The summed E-state index contributed by atoms with van der Waals surface area (Å²) >= 11 is 1.65. The Morgan fingerprint density at radius 2 is 1.86 bits per heavy atom. The van der Waals surface area contributed by atoms with Crippen LogP contribution in [-0.4, -0.2) is 32.4 Å². The van der Waals surface area contributed by atoms with Gasteiger partial charge in [0.25, 0.3) is 5.91 Å². The van der Waals surface area contributed by atoms with Gasteiger partial charge in [-0.05, 0) is 35.4 Å². The number of carbonyl (C=O) groups excluding carboxylic acids is 1. The van der Waals surface area contributed by atoms with Gasteiger partial charge < -0.3 is 24.5 Å². The Morgan fingerprint density at radius 3 is 2.59 bits per heavy atom. The smallest absolute Gasteiger partial charge is 0.255 e. The number of ether oxygens (including phenoxy) is 2. The Balaban J connectivity index is 1.35. The molecule has 0 spiro atoms. The van der Waals surface area contributed by atoms with E-state index in [1.54, 1.807) is 30.1 Å². The molecule has 8 heteroatoms. The predicted octanol–water partition coefficient (Wildman–Crippen LogP) is 5.50. The third-order valence-corrected chi connectivity index (χ3v) is 7.43. The summed E-state index contributed by atoms with van der Waals surface area (Å²) in [6.45, 7) is 0.00195. The molecule has 1 fully saturated rings. The van der Waals surface area contributed by atoms with Crippen molar-refractivity contribution in [3.8, 4) is 0 Å². The summed E-state index contributed by atoms with van der Waals surface area (Å²) < 4.78 is 14.9. The van der Waals surface area contributed by atoms with E-state index in [0.29, 0.717) is 17.7 Å². The molecule has 3 atom stereocenters. The summed E-state index contributed by atoms with van der Waals surface area (Å²) in [7, 11) is 1.98. The van der Waals surface area contributed by atoms with E-state index in [4.69, 9.17) is 9.47 Å². The second-order valence-corrected chi connectivity index (χ2v) is 9.91. The predicted molar refractivity (Wildman–Crippen MR) is 143 cm³/mol. The number of hydrogen-bond acceptors (Lipinski definition) is 6. The number of anilines is 1. The van der Waals surface area contributed by atoms with Gasteiger partial charge in [0.05, 0.1) is 18.8 Å². The molecular formula is C29H29N3O4S. The fourth-order valence-electron chi connectivity index (χ4n) is 4.24. The fourth-order valence-corrected chi connectivity index (χ4v) is 5.19. The minimum atomic E-state index is -0.600. The molecule has 37 heavy (non-hydrogen) atoms. The van der Waals surface area contributed by atoms with Crippen LogP contribution in [0, 0.1) is 0 Å². The molecule has 7 nitrogen and oxygen atoms in total. The van der Waals surface area contributed by atoms with Crippen molar-refractivity contribution in [1.29, 1.82) is 0 Å². The van der Waals surface area contributed by atoms with Crippen LogP contribution in [-0.2, 0) is 23.1 Å². The maximum Gasteiger partial charge on any atom is 0.255 e. The molecule has 1 aromatic heterocycles. The first-order valence-corrected chi connectivity index (χ1v) is 13.1. The highest BCUT2D eigenvalue weighted by molar-refractivity contribution is 7.99. The molecule has 1 amide bonds. The summed E-state index contributed by atoms with van der Waals surface area (Å²) in [5.74, 6) is 0.551. The molecule has 190 valence electrons. The Hall–Kier alpha value is -3.43. The molecule has 5 rings (SSSR count). The van der Waals surface area contributed by atoms with Crippen LogP contribution in [0.3, 0.4) is 0 Å². The normalized spacial score (nSPS) is 19.5. The molecular weight excluding hydrogens is 486 g/mol. The van der Waals surface area contributed by atoms with Crippen LogP contribution in [0.2, 0.25) is 0 Å². The Kier molecular flexibility index (Phi) is 8.01. The number of nitrogens with zero attached hydrogens (tertiary/aromatic N) is 2. The molecule has 2 N–H and O–H groups in total. The van der Waals surface area contributed by atoms with Crippen molar-refractivity contribution in [2.24, 2.45) is 7.05 Å². The Morgan fingerprint density at radius 1 is 1.05 bits per heavy atom. The van der Waals surface area contributed by atoms with Gasteiger partial charge in [-0.2, -0.15) is 0 Å². The number of aryl methyl sites for hydroxylation is 1. The number of aliphatic hydroxyl groups excluding tert-OH is 1. The van der Waals surface area contributed by atoms with E-state index in [0.717, 1.165) is 27.6 Å². The second kappa shape index (κ2) is 11.7. The van der Waals surface area contributed by atoms with Crippen LogP contribution in [0.25, 0.3) is 0 Å². The summed E-state index contributed by atoms with van der Waals surface area (Å²) in [4.78, 5) is 17.1. The van der Waals surface area contributed by atoms with Gasteiger partial charge in [-0.25, -0.2) is 4.98 Å². The van der Waals surface area contributed by atoms with Gasteiger partial charge in [0.2, 0.25) is 0 Å². The van der Waals surface area contributed by atoms with Gasteiger partial charge in [-0.3, -0.25) is 4.79 Å². The summed E-state index contributed by atoms with van der Waals surface area (Å²) in [5.41, 5.74) is 3.99. The minimum absolute atomic E-state index is 0.00195. The van der Waals surface area contributed by atoms with E-state index >= 15 is 0 Å². The molecule has 1 aliphatic rings. The molecule has 0 aliphatic carbocycles. The Bertz CT molecular complexity index is 1330. The van der Waals surface area contributed by atoms with Crippen molar-refractivity contribution in [3.05, 3.63) is 114 Å². The third kappa shape index (κ3) is 6.29. The first kappa shape index (κ1) is 25.2. The topological polar surface area (TPSA) is 85.6 Å². The molecule has 3 aromatic carbocycles. The first-order chi connectivity index (χ1) is 18.1. The molecule has 0 bridgehead atoms. The number of aliphatic hydroxyl groups is 1. The highest BCUT2D eigenvalue weighted by Gasteiger charge is 2.32. The maximum atomic E-state index is 12.7. The van der Waals surface area contributed by atoms with Gasteiger partial charge >= 0.3 is 0 Å². The van der Waals surface area contributed by atoms with Crippen molar-refractivity contribution in [2.45, 2.75) is 36.7 Å². The van der Waals surface area contributed by atoms with Crippen LogP contribution in [0.4, 0.5) is 5.69 Å². The van der Waals surface area contributed by atoms with Crippen LogP contribution < -0.4 is 5.32 Å². The largest absolute Gasteiger partial charge is 0.392 e. The van der Waals surface area contributed by atoms with Gasteiger partial charge in [0, 0.05) is 48.4 Å². The van der Waals surface area contributed by atoms with Gasteiger partial charge in [-0.15, -0.1) is 0 Å². The number of aromatic nitrogens is 2.